The zero-order chi connectivity index (χ0) is 6.62. The number of carbonyl (C=O) groups excluding carboxylic acids is 1. The van der Waals surface area contributed by atoms with Gasteiger partial charge in [-0.3, -0.25) is 6.42 Å². The van der Waals surface area contributed by atoms with E-state index in [0.717, 1.165) is 0 Å². The van der Waals surface area contributed by atoms with Crippen molar-refractivity contribution < 1.29 is 42.2 Å². The summed E-state index contributed by atoms with van der Waals surface area (Å²) in [6, 6.07) is 0. The van der Waals surface area contributed by atoms with Crippen molar-refractivity contribution in [2.45, 2.75) is 26.4 Å². The van der Waals surface area contributed by atoms with Gasteiger partial charge in [-0.25, -0.2) is 0 Å². The van der Waals surface area contributed by atoms with Crippen LogP contribution in [0.4, 0.5) is 0 Å². The Kier molecular flexibility index (Phi) is 7.31. The van der Waals surface area contributed by atoms with E-state index in [1.165, 1.54) is 6.47 Å². The van der Waals surface area contributed by atoms with Crippen molar-refractivity contribution in [2.24, 2.45) is 0 Å². The molecule has 0 aromatic rings. The average molecular weight is 203 g/mol. The molecule has 0 bridgehead atoms. The van der Waals surface area contributed by atoms with Crippen molar-refractivity contribution in [3.8, 4) is 0 Å². The zero-order valence-corrected chi connectivity index (χ0v) is 8.81. The van der Waals surface area contributed by atoms with E-state index in [1.54, 1.807) is 20.3 Å². The van der Waals surface area contributed by atoms with Crippen LogP contribution in [0.1, 0.15) is 20.8 Å². The van der Waals surface area contributed by atoms with Gasteiger partial charge in [0.1, 0.15) is 0 Å². The topological polar surface area (TPSA) is 26.3 Å². The molecule has 1 radical (unpaired) electrons. The second-order valence-corrected chi connectivity index (χ2v) is 2.08. The molecule has 0 fully saturated rings. The van der Waals surface area contributed by atoms with Crippen LogP contribution in [0.15, 0.2) is 0 Å². The maximum atomic E-state index is 9.61. The van der Waals surface area contributed by atoms with E-state index in [0.29, 0.717) is 0 Å². The van der Waals surface area contributed by atoms with E-state index >= 15 is 0 Å². The molecular formula is C6H10O2Y-2. The summed E-state index contributed by atoms with van der Waals surface area (Å²) in [5.74, 6) is 0. The summed E-state index contributed by atoms with van der Waals surface area (Å²) >= 11 is 0. The monoisotopic (exact) mass is 203 g/mol. The summed E-state index contributed by atoms with van der Waals surface area (Å²) in [5, 5.41) is 0. The van der Waals surface area contributed by atoms with Crippen LogP contribution in [0.5, 0.6) is 0 Å². The fourth-order valence-electron chi connectivity index (χ4n) is 0.166. The number of ether oxygens (including phenoxy) is 1. The second kappa shape index (κ2) is 5.37. The predicted octanol–water partition coefficient (Wildman–Crippen LogP) is 1.07. The van der Waals surface area contributed by atoms with Gasteiger partial charge in [0.05, 0.1) is 0 Å². The molecule has 0 unspecified atom stereocenters. The van der Waals surface area contributed by atoms with E-state index in [1.807, 2.05) is 6.92 Å². The van der Waals surface area contributed by atoms with Gasteiger partial charge in [-0.05, 0) is 0 Å². The van der Waals surface area contributed by atoms with Gasteiger partial charge in [-0.2, -0.15) is 6.92 Å². The fourth-order valence-corrected chi connectivity index (χ4v) is 0.166. The molecule has 0 aromatic heterocycles. The van der Waals surface area contributed by atoms with E-state index in [4.69, 9.17) is 0 Å². The summed E-state index contributed by atoms with van der Waals surface area (Å²) in [5.41, 5.74) is -0.457. The molecule has 0 atom stereocenters. The maximum absolute atomic E-state index is 9.61. The Hall–Kier alpha value is 0.574. The largest absolute Gasteiger partial charge is 0.672 e. The van der Waals surface area contributed by atoms with Crippen molar-refractivity contribution >= 4 is 6.47 Å². The SMILES string of the molecule is C[CH-]C(C)(C)O[C-]=O.[Y]. The first-order valence-corrected chi connectivity index (χ1v) is 2.48. The molecule has 0 aromatic carbocycles. The summed E-state index contributed by atoms with van der Waals surface area (Å²) in [4.78, 5) is 9.61. The Morgan fingerprint density at radius 3 is 2.11 bits per heavy atom. The van der Waals surface area contributed by atoms with Crippen molar-refractivity contribution in [3.63, 3.8) is 0 Å². The van der Waals surface area contributed by atoms with Gasteiger partial charge in [0.25, 0.3) is 0 Å². The van der Waals surface area contributed by atoms with Crippen LogP contribution in [0.3, 0.4) is 0 Å². The van der Waals surface area contributed by atoms with Crippen LogP contribution in [0.2, 0.25) is 0 Å². The molecule has 0 saturated carbocycles. The Bertz CT molecular complexity index is 81.1. The average Bonchev–Trinajstić information content (AvgIpc) is 1.67. The molecule has 0 rings (SSSR count). The molecule has 9 heavy (non-hydrogen) atoms. The third-order valence-corrected chi connectivity index (χ3v) is 1.000. The fraction of sp³-hybridized carbons (Fsp3) is 0.667. The summed E-state index contributed by atoms with van der Waals surface area (Å²) in [6.45, 7) is 6.79. The Balaban J connectivity index is 0. The minimum Gasteiger partial charge on any atom is -0.672 e. The first kappa shape index (κ1) is 12.3. The van der Waals surface area contributed by atoms with Gasteiger partial charge in [0, 0.05) is 32.7 Å². The molecule has 51 valence electrons. The molecule has 0 aliphatic rings. The van der Waals surface area contributed by atoms with Gasteiger partial charge in [-0.15, -0.1) is 0 Å². The molecule has 0 spiro atoms. The summed E-state index contributed by atoms with van der Waals surface area (Å²) in [6.07, 6.45) is 1.79. The van der Waals surface area contributed by atoms with Crippen LogP contribution in [-0.2, 0) is 42.2 Å². The molecule has 0 aliphatic heterocycles. The van der Waals surface area contributed by atoms with Crippen LogP contribution < -0.4 is 0 Å². The first-order valence-electron chi connectivity index (χ1n) is 2.48. The van der Waals surface area contributed by atoms with Crippen molar-refractivity contribution in [1.82, 2.24) is 0 Å². The van der Waals surface area contributed by atoms with Crippen molar-refractivity contribution in [3.05, 3.63) is 6.42 Å². The van der Waals surface area contributed by atoms with Crippen LogP contribution in [0.25, 0.3) is 0 Å². The van der Waals surface area contributed by atoms with Crippen molar-refractivity contribution in [2.75, 3.05) is 0 Å². The molecule has 0 saturated heterocycles. The number of hydrogen-bond acceptors (Lipinski definition) is 2. The normalized spacial score (nSPS) is 9.67. The summed E-state index contributed by atoms with van der Waals surface area (Å²) in [7, 11) is 0. The summed E-state index contributed by atoms with van der Waals surface area (Å²) < 4.78 is 4.52. The number of hydrogen-bond donors (Lipinski definition) is 0. The van der Waals surface area contributed by atoms with Crippen LogP contribution >= 0.6 is 0 Å². The van der Waals surface area contributed by atoms with E-state index in [9.17, 15) is 4.79 Å². The maximum Gasteiger partial charge on any atom is 0 e. The van der Waals surface area contributed by atoms with Crippen molar-refractivity contribution in [1.29, 1.82) is 0 Å². The van der Waals surface area contributed by atoms with Gasteiger partial charge in [-0.1, -0.05) is 25.9 Å². The standard InChI is InChI=1S/C6H10O2.Y/c1-4-6(2,3)8-5-7;/h4H,1-3H3;/q-2;. The Labute approximate surface area is 81.2 Å². The Morgan fingerprint density at radius 2 is 2.00 bits per heavy atom. The smallest absolute Gasteiger partial charge is 0 e. The van der Waals surface area contributed by atoms with Crippen LogP contribution in [0, 0.1) is 6.42 Å². The molecule has 3 heteroatoms. The minimum absolute atomic E-state index is 0. The van der Waals surface area contributed by atoms with E-state index in [-0.39, 0.29) is 32.7 Å². The van der Waals surface area contributed by atoms with Gasteiger partial charge >= 0.3 is 0 Å². The third-order valence-electron chi connectivity index (χ3n) is 1.000. The Morgan fingerprint density at radius 1 is 1.56 bits per heavy atom. The molecular weight excluding hydrogens is 193 g/mol. The van der Waals surface area contributed by atoms with Gasteiger partial charge in [0.15, 0.2) is 0 Å². The van der Waals surface area contributed by atoms with Gasteiger partial charge < -0.3 is 9.53 Å². The van der Waals surface area contributed by atoms with E-state index in [2.05, 4.69) is 4.74 Å². The van der Waals surface area contributed by atoms with E-state index < -0.39 is 5.60 Å². The molecule has 0 heterocycles. The second-order valence-electron chi connectivity index (χ2n) is 2.08. The molecule has 2 nitrogen and oxygen atoms in total. The zero-order valence-electron chi connectivity index (χ0n) is 5.97. The predicted molar refractivity (Wildman–Crippen MR) is 30.8 cm³/mol. The first-order chi connectivity index (χ1) is 3.62. The third kappa shape index (κ3) is 6.46. The quantitative estimate of drug-likeness (QED) is 0.641. The molecule has 0 aliphatic carbocycles. The minimum atomic E-state index is -0.457. The van der Waals surface area contributed by atoms with Gasteiger partial charge in [0.2, 0.25) is 0 Å². The molecule has 0 amide bonds. The molecule has 0 N–H and O–H groups in total. The van der Waals surface area contributed by atoms with Crippen LogP contribution in [-0.4, -0.2) is 12.1 Å². The number of rotatable bonds is 3.